The molecule has 18 heavy (non-hydrogen) atoms. The summed E-state index contributed by atoms with van der Waals surface area (Å²) in [4.78, 5) is 12.2. The molecule has 1 aromatic carbocycles. The summed E-state index contributed by atoms with van der Waals surface area (Å²) < 4.78 is 0. The van der Waals surface area contributed by atoms with Gasteiger partial charge in [0.25, 0.3) is 5.91 Å². The van der Waals surface area contributed by atoms with Gasteiger partial charge in [-0.3, -0.25) is 4.79 Å². The second-order valence-corrected chi connectivity index (χ2v) is 5.55. The molecule has 2 nitrogen and oxygen atoms in total. The number of alkyl halides is 1. The number of benzene rings is 1. The molecule has 0 aliphatic heterocycles. The van der Waals surface area contributed by atoms with Crippen LogP contribution in [0.2, 0.25) is 0 Å². The molecule has 2 rings (SSSR count). The summed E-state index contributed by atoms with van der Waals surface area (Å²) in [6.45, 7) is 2.07. The Bertz CT molecular complexity index is 411. The van der Waals surface area contributed by atoms with Crippen LogP contribution in [-0.2, 0) is 6.42 Å². The third-order valence-corrected chi connectivity index (χ3v) is 4.07. The summed E-state index contributed by atoms with van der Waals surface area (Å²) in [6.07, 6.45) is 4.88. The average molecular weight is 266 g/mol. The molecule has 0 atom stereocenters. The number of carbonyl (C=O) groups excluding carboxylic acids is 1. The van der Waals surface area contributed by atoms with E-state index in [1.54, 1.807) is 0 Å². The highest BCUT2D eigenvalue weighted by Gasteiger charge is 2.21. The van der Waals surface area contributed by atoms with E-state index in [1.807, 2.05) is 24.3 Å². The maximum atomic E-state index is 12.2. The average Bonchev–Trinajstić information content (AvgIpc) is 2.41. The van der Waals surface area contributed by atoms with Gasteiger partial charge in [0.1, 0.15) is 0 Å². The molecule has 0 unspecified atom stereocenters. The van der Waals surface area contributed by atoms with Crippen LogP contribution >= 0.6 is 11.6 Å². The monoisotopic (exact) mass is 265 g/mol. The Morgan fingerprint density at radius 1 is 1.28 bits per heavy atom. The number of halogens is 1. The standard InChI is InChI=1S/C15H20ClNO/c1-2-11-5-3-4-6-14(11)15(18)17-13-9-7-12(16)8-10-13/h3-6,12-13H,2,7-10H2,1H3,(H,17,18). The summed E-state index contributed by atoms with van der Waals surface area (Å²) in [5, 5.41) is 3.43. The molecular formula is C15H20ClNO. The first-order valence-electron chi connectivity index (χ1n) is 6.73. The molecule has 0 saturated heterocycles. The minimum absolute atomic E-state index is 0.0606. The number of rotatable bonds is 3. The van der Waals surface area contributed by atoms with E-state index in [1.165, 1.54) is 0 Å². The van der Waals surface area contributed by atoms with Crippen molar-refractivity contribution in [2.24, 2.45) is 0 Å². The Hall–Kier alpha value is -1.02. The van der Waals surface area contributed by atoms with Gasteiger partial charge in [0, 0.05) is 17.0 Å². The molecule has 98 valence electrons. The largest absolute Gasteiger partial charge is 0.349 e. The van der Waals surface area contributed by atoms with Crippen molar-refractivity contribution in [3.05, 3.63) is 35.4 Å². The van der Waals surface area contributed by atoms with Crippen molar-refractivity contribution in [1.29, 1.82) is 0 Å². The first-order valence-corrected chi connectivity index (χ1v) is 7.17. The molecule has 1 saturated carbocycles. The van der Waals surface area contributed by atoms with Crippen LogP contribution < -0.4 is 5.32 Å². The lowest BCUT2D eigenvalue weighted by Crippen LogP contribution is -2.38. The molecular weight excluding hydrogens is 246 g/mol. The summed E-state index contributed by atoms with van der Waals surface area (Å²) in [5.74, 6) is 0.0606. The maximum Gasteiger partial charge on any atom is 0.251 e. The molecule has 0 bridgehead atoms. The van der Waals surface area contributed by atoms with Crippen LogP contribution in [0.15, 0.2) is 24.3 Å². The Morgan fingerprint density at radius 2 is 1.94 bits per heavy atom. The first-order chi connectivity index (χ1) is 8.70. The molecule has 1 fully saturated rings. The second-order valence-electron chi connectivity index (χ2n) is 4.93. The van der Waals surface area contributed by atoms with Crippen LogP contribution in [0.3, 0.4) is 0 Å². The number of nitrogens with one attached hydrogen (secondary N) is 1. The summed E-state index contributed by atoms with van der Waals surface area (Å²) >= 11 is 6.07. The normalized spacial score (nSPS) is 23.7. The van der Waals surface area contributed by atoms with Crippen molar-refractivity contribution in [3.63, 3.8) is 0 Å². The van der Waals surface area contributed by atoms with Crippen molar-refractivity contribution in [2.45, 2.75) is 50.4 Å². The third-order valence-electron chi connectivity index (χ3n) is 3.63. The van der Waals surface area contributed by atoms with Crippen LogP contribution in [0.4, 0.5) is 0 Å². The molecule has 0 spiro atoms. The van der Waals surface area contributed by atoms with Crippen molar-refractivity contribution in [2.75, 3.05) is 0 Å². The highest BCUT2D eigenvalue weighted by molar-refractivity contribution is 6.20. The lowest BCUT2D eigenvalue weighted by Gasteiger charge is -2.26. The quantitative estimate of drug-likeness (QED) is 0.833. The predicted octanol–water partition coefficient (Wildman–Crippen LogP) is 3.53. The van der Waals surface area contributed by atoms with E-state index in [-0.39, 0.29) is 11.9 Å². The predicted molar refractivity (Wildman–Crippen MR) is 75.2 cm³/mol. The third kappa shape index (κ3) is 3.26. The lowest BCUT2D eigenvalue weighted by molar-refractivity contribution is 0.0927. The molecule has 1 N–H and O–H groups in total. The van der Waals surface area contributed by atoms with E-state index in [2.05, 4.69) is 12.2 Å². The van der Waals surface area contributed by atoms with Crippen molar-refractivity contribution in [3.8, 4) is 0 Å². The van der Waals surface area contributed by atoms with Crippen LogP contribution in [-0.4, -0.2) is 17.3 Å². The second kappa shape index (κ2) is 6.24. The summed E-state index contributed by atoms with van der Waals surface area (Å²) in [5.41, 5.74) is 1.93. The zero-order valence-electron chi connectivity index (χ0n) is 10.8. The number of amides is 1. The van der Waals surface area contributed by atoms with Crippen molar-refractivity contribution in [1.82, 2.24) is 5.32 Å². The van der Waals surface area contributed by atoms with Gasteiger partial charge in [-0.2, -0.15) is 0 Å². The Labute approximate surface area is 114 Å². The van der Waals surface area contributed by atoms with Crippen LogP contribution in [0.1, 0.15) is 48.5 Å². The number of hydrogen-bond donors (Lipinski definition) is 1. The summed E-state index contributed by atoms with van der Waals surface area (Å²) in [6, 6.07) is 8.11. The van der Waals surface area contributed by atoms with Crippen LogP contribution in [0, 0.1) is 0 Å². The van der Waals surface area contributed by atoms with E-state index >= 15 is 0 Å². The number of aryl methyl sites for hydroxylation is 1. The molecule has 1 amide bonds. The fourth-order valence-electron chi connectivity index (χ4n) is 2.51. The lowest BCUT2D eigenvalue weighted by atomic mass is 9.94. The number of hydrogen-bond acceptors (Lipinski definition) is 1. The van der Waals surface area contributed by atoms with Gasteiger partial charge >= 0.3 is 0 Å². The SMILES string of the molecule is CCc1ccccc1C(=O)NC1CCC(Cl)CC1. The summed E-state index contributed by atoms with van der Waals surface area (Å²) in [7, 11) is 0. The van der Waals surface area contributed by atoms with E-state index in [4.69, 9.17) is 11.6 Å². The van der Waals surface area contributed by atoms with E-state index in [9.17, 15) is 4.79 Å². The fourth-order valence-corrected chi connectivity index (χ4v) is 2.76. The molecule has 1 aliphatic rings. The van der Waals surface area contributed by atoms with Gasteiger partial charge in [-0.05, 0) is 43.7 Å². The topological polar surface area (TPSA) is 29.1 Å². The molecule has 1 aliphatic carbocycles. The Balaban J connectivity index is 1.99. The Morgan fingerprint density at radius 3 is 2.61 bits per heavy atom. The van der Waals surface area contributed by atoms with Crippen LogP contribution in [0.25, 0.3) is 0 Å². The van der Waals surface area contributed by atoms with Gasteiger partial charge in [0.05, 0.1) is 0 Å². The van der Waals surface area contributed by atoms with E-state index < -0.39 is 0 Å². The van der Waals surface area contributed by atoms with Gasteiger partial charge in [0.2, 0.25) is 0 Å². The van der Waals surface area contributed by atoms with Gasteiger partial charge in [0.15, 0.2) is 0 Å². The van der Waals surface area contributed by atoms with Gasteiger partial charge in [-0.15, -0.1) is 11.6 Å². The Kier molecular flexibility index (Phi) is 4.65. The molecule has 0 radical (unpaired) electrons. The number of carbonyl (C=O) groups is 1. The van der Waals surface area contributed by atoms with Gasteiger partial charge < -0.3 is 5.32 Å². The minimum Gasteiger partial charge on any atom is -0.349 e. The highest BCUT2D eigenvalue weighted by Crippen LogP contribution is 2.23. The van der Waals surface area contributed by atoms with E-state index in [0.29, 0.717) is 5.38 Å². The molecule has 3 heteroatoms. The van der Waals surface area contributed by atoms with Crippen LogP contribution in [0.5, 0.6) is 0 Å². The van der Waals surface area contributed by atoms with Crippen molar-refractivity contribution < 1.29 is 4.79 Å². The van der Waals surface area contributed by atoms with Gasteiger partial charge in [-0.25, -0.2) is 0 Å². The van der Waals surface area contributed by atoms with E-state index in [0.717, 1.165) is 43.2 Å². The van der Waals surface area contributed by atoms with Crippen molar-refractivity contribution >= 4 is 17.5 Å². The highest BCUT2D eigenvalue weighted by atomic mass is 35.5. The fraction of sp³-hybridized carbons (Fsp3) is 0.533. The maximum absolute atomic E-state index is 12.2. The van der Waals surface area contributed by atoms with Gasteiger partial charge in [-0.1, -0.05) is 25.1 Å². The zero-order chi connectivity index (χ0) is 13.0. The molecule has 1 aromatic rings. The zero-order valence-corrected chi connectivity index (χ0v) is 11.5. The first kappa shape index (κ1) is 13.4. The molecule has 0 heterocycles. The molecule has 0 aromatic heterocycles. The minimum atomic E-state index is 0.0606. The smallest absolute Gasteiger partial charge is 0.251 e.